The maximum absolute atomic E-state index is 11.4. The Morgan fingerprint density at radius 2 is 2.25 bits per heavy atom. The fraction of sp³-hybridized carbons (Fsp3) is 0.357. The number of fused-ring (bicyclic) bond motifs is 1. The van der Waals surface area contributed by atoms with E-state index in [2.05, 4.69) is 27.8 Å². The van der Waals surface area contributed by atoms with Gasteiger partial charge in [-0.15, -0.1) is 0 Å². The molecule has 0 saturated heterocycles. The van der Waals surface area contributed by atoms with E-state index in [-0.39, 0.29) is 12.3 Å². The third-order valence-corrected chi connectivity index (χ3v) is 3.26. The molecule has 0 atom stereocenters. The number of benzene rings is 1. The van der Waals surface area contributed by atoms with Crippen LogP contribution in [0.15, 0.2) is 29.4 Å². The number of hydrogen-bond donors (Lipinski definition) is 2. The van der Waals surface area contributed by atoms with Crippen molar-refractivity contribution in [3.8, 4) is 0 Å². The molecule has 0 aliphatic carbocycles. The summed E-state index contributed by atoms with van der Waals surface area (Å²) >= 11 is 0. The van der Waals surface area contributed by atoms with Crippen LogP contribution in [-0.2, 0) is 4.79 Å². The number of anilines is 1. The zero-order chi connectivity index (χ0) is 13.9. The average molecular weight is 271 g/mol. The van der Waals surface area contributed by atoms with Crippen molar-refractivity contribution in [2.24, 2.45) is 5.10 Å². The van der Waals surface area contributed by atoms with Gasteiger partial charge >= 0.3 is 0 Å². The summed E-state index contributed by atoms with van der Waals surface area (Å²) in [5, 5.41) is 7.43. The predicted octanol–water partition coefficient (Wildman–Crippen LogP) is 1.93. The zero-order valence-corrected chi connectivity index (χ0v) is 11.4. The molecule has 2 heterocycles. The van der Waals surface area contributed by atoms with Gasteiger partial charge in [0.05, 0.1) is 17.5 Å². The third-order valence-electron chi connectivity index (χ3n) is 3.26. The molecule has 0 fully saturated rings. The summed E-state index contributed by atoms with van der Waals surface area (Å²) in [6.45, 7) is 3.00. The van der Waals surface area contributed by atoms with E-state index in [1.807, 2.05) is 28.8 Å². The van der Waals surface area contributed by atoms with Crippen LogP contribution in [0.3, 0.4) is 0 Å². The average Bonchev–Trinajstić information content (AvgIpc) is 3.02. The molecule has 20 heavy (non-hydrogen) atoms. The third kappa shape index (κ3) is 2.24. The van der Waals surface area contributed by atoms with Crippen LogP contribution in [-0.4, -0.2) is 27.8 Å². The van der Waals surface area contributed by atoms with Crippen molar-refractivity contribution in [1.82, 2.24) is 15.0 Å². The fourth-order valence-electron chi connectivity index (χ4n) is 2.26. The van der Waals surface area contributed by atoms with Gasteiger partial charge in [0.1, 0.15) is 5.84 Å². The van der Waals surface area contributed by atoms with E-state index in [4.69, 9.17) is 0 Å². The maximum atomic E-state index is 11.4. The molecule has 0 unspecified atom stereocenters. The Kier molecular flexibility index (Phi) is 3.37. The molecule has 104 valence electrons. The zero-order valence-electron chi connectivity index (χ0n) is 11.4. The molecule has 6 heteroatoms. The van der Waals surface area contributed by atoms with Crippen LogP contribution in [0.25, 0.3) is 11.0 Å². The van der Waals surface area contributed by atoms with Gasteiger partial charge in [-0.05, 0) is 18.6 Å². The van der Waals surface area contributed by atoms with Crippen LogP contribution in [0.5, 0.6) is 0 Å². The number of nitrogens with zero attached hydrogens (tertiary/aromatic N) is 3. The Balaban J connectivity index is 2.01. The lowest BCUT2D eigenvalue weighted by atomic mass is 10.3. The number of carbonyl (C=O) groups excluding carboxylic acids is 1. The highest BCUT2D eigenvalue weighted by Crippen LogP contribution is 2.21. The second-order valence-corrected chi connectivity index (χ2v) is 4.78. The van der Waals surface area contributed by atoms with Crippen molar-refractivity contribution >= 4 is 28.7 Å². The van der Waals surface area contributed by atoms with Gasteiger partial charge in [-0.25, -0.2) is 10.4 Å². The van der Waals surface area contributed by atoms with Crippen LogP contribution in [0.1, 0.15) is 26.2 Å². The van der Waals surface area contributed by atoms with Gasteiger partial charge in [0.25, 0.3) is 0 Å². The van der Waals surface area contributed by atoms with Gasteiger partial charge in [-0.3, -0.25) is 9.36 Å². The SMILES string of the molecule is CCCCNc1nc2ccccc2n1C1=NNC(=O)C1. The normalized spacial score (nSPS) is 14.4. The van der Waals surface area contributed by atoms with Crippen LogP contribution < -0.4 is 10.7 Å². The highest BCUT2D eigenvalue weighted by atomic mass is 16.2. The second kappa shape index (κ2) is 5.32. The number of aromatic nitrogens is 2. The molecule has 0 radical (unpaired) electrons. The van der Waals surface area contributed by atoms with Crippen LogP contribution in [0.4, 0.5) is 5.95 Å². The summed E-state index contributed by atoms with van der Waals surface area (Å²) in [7, 11) is 0. The fourth-order valence-corrected chi connectivity index (χ4v) is 2.26. The van der Waals surface area contributed by atoms with Gasteiger partial charge in [-0.2, -0.15) is 5.10 Å². The van der Waals surface area contributed by atoms with E-state index < -0.39 is 0 Å². The van der Waals surface area contributed by atoms with Crippen molar-refractivity contribution in [2.75, 3.05) is 11.9 Å². The van der Waals surface area contributed by atoms with Crippen molar-refractivity contribution in [3.63, 3.8) is 0 Å². The Morgan fingerprint density at radius 1 is 1.40 bits per heavy atom. The van der Waals surface area contributed by atoms with Crippen LogP contribution in [0, 0.1) is 0 Å². The van der Waals surface area contributed by atoms with E-state index in [1.165, 1.54) is 0 Å². The van der Waals surface area contributed by atoms with Crippen molar-refractivity contribution in [2.45, 2.75) is 26.2 Å². The minimum absolute atomic E-state index is 0.0858. The van der Waals surface area contributed by atoms with Gasteiger partial charge in [0.2, 0.25) is 11.9 Å². The minimum atomic E-state index is -0.0858. The molecule has 6 nitrogen and oxygen atoms in total. The first kappa shape index (κ1) is 12.7. The number of nitrogens with one attached hydrogen (secondary N) is 2. The van der Waals surface area contributed by atoms with E-state index in [0.717, 1.165) is 36.4 Å². The number of imidazole rings is 1. The first-order chi connectivity index (χ1) is 9.79. The Hall–Kier alpha value is -2.37. The summed E-state index contributed by atoms with van der Waals surface area (Å²) in [5.41, 5.74) is 4.35. The monoisotopic (exact) mass is 271 g/mol. The van der Waals surface area contributed by atoms with Crippen LogP contribution in [0.2, 0.25) is 0 Å². The first-order valence-electron chi connectivity index (χ1n) is 6.86. The smallest absolute Gasteiger partial charge is 0.247 e. The number of para-hydroxylation sites is 2. The molecule has 1 aliphatic heterocycles. The van der Waals surface area contributed by atoms with E-state index >= 15 is 0 Å². The van der Waals surface area contributed by atoms with E-state index in [9.17, 15) is 4.79 Å². The van der Waals surface area contributed by atoms with Crippen molar-refractivity contribution in [1.29, 1.82) is 0 Å². The molecular weight excluding hydrogens is 254 g/mol. The summed E-state index contributed by atoms with van der Waals surface area (Å²) in [6.07, 6.45) is 2.48. The Bertz CT molecular complexity index is 673. The van der Waals surface area contributed by atoms with Gasteiger partial charge < -0.3 is 5.32 Å². The minimum Gasteiger partial charge on any atom is -0.355 e. The number of carbonyl (C=O) groups is 1. The van der Waals surface area contributed by atoms with Crippen molar-refractivity contribution < 1.29 is 4.79 Å². The summed E-state index contributed by atoms with van der Waals surface area (Å²) in [6, 6.07) is 7.86. The first-order valence-corrected chi connectivity index (χ1v) is 6.86. The van der Waals surface area contributed by atoms with Gasteiger partial charge in [-0.1, -0.05) is 25.5 Å². The molecule has 1 amide bonds. The highest BCUT2D eigenvalue weighted by molar-refractivity contribution is 6.08. The van der Waals surface area contributed by atoms with E-state index in [0.29, 0.717) is 5.84 Å². The second-order valence-electron chi connectivity index (χ2n) is 4.78. The Labute approximate surface area is 116 Å². The summed E-state index contributed by atoms with van der Waals surface area (Å²) in [5.74, 6) is 1.34. The Morgan fingerprint density at radius 3 is 3.00 bits per heavy atom. The van der Waals surface area contributed by atoms with Gasteiger partial charge in [0, 0.05) is 6.54 Å². The largest absolute Gasteiger partial charge is 0.355 e. The molecule has 3 rings (SSSR count). The molecule has 2 aromatic rings. The summed E-state index contributed by atoms with van der Waals surface area (Å²) in [4.78, 5) is 16.0. The lowest BCUT2D eigenvalue weighted by molar-refractivity contribution is -0.119. The molecular formula is C14H17N5O. The predicted molar refractivity (Wildman–Crippen MR) is 78.7 cm³/mol. The molecule has 2 N–H and O–H groups in total. The number of rotatable bonds is 4. The number of hydrazone groups is 1. The number of unbranched alkanes of at least 4 members (excludes halogenated alkanes) is 1. The highest BCUT2D eigenvalue weighted by Gasteiger charge is 2.21. The quantitative estimate of drug-likeness (QED) is 0.835. The maximum Gasteiger partial charge on any atom is 0.247 e. The van der Waals surface area contributed by atoms with E-state index in [1.54, 1.807) is 0 Å². The molecule has 1 aromatic heterocycles. The molecule has 0 bridgehead atoms. The lowest BCUT2D eigenvalue weighted by Gasteiger charge is -2.08. The lowest BCUT2D eigenvalue weighted by Crippen LogP contribution is -2.16. The molecule has 0 spiro atoms. The number of amides is 1. The number of hydrogen-bond acceptors (Lipinski definition) is 4. The molecule has 0 saturated carbocycles. The van der Waals surface area contributed by atoms with Gasteiger partial charge in [0.15, 0.2) is 0 Å². The topological polar surface area (TPSA) is 71.3 Å². The summed E-state index contributed by atoms with van der Waals surface area (Å²) < 4.78 is 1.92. The van der Waals surface area contributed by atoms with Crippen molar-refractivity contribution in [3.05, 3.63) is 24.3 Å². The molecule has 1 aliphatic rings. The molecule has 1 aromatic carbocycles. The van der Waals surface area contributed by atoms with Crippen LogP contribution >= 0.6 is 0 Å². The standard InChI is InChI=1S/C14H17N5O/c1-2-3-8-15-14-16-10-6-4-5-7-11(10)19(14)12-9-13(20)18-17-12/h4-7H,2-3,8-9H2,1H3,(H,15,16)(H,18,20).